The van der Waals surface area contributed by atoms with E-state index in [1.165, 1.54) is 0 Å². The Morgan fingerprint density at radius 3 is 2.84 bits per heavy atom. The fourth-order valence-electron chi connectivity index (χ4n) is 1.43. The van der Waals surface area contributed by atoms with E-state index in [-0.39, 0.29) is 18.8 Å². The van der Waals surface area contributed by atoms with Crippen molar-refractivity contribution >= 4 is 10.0 Å². The Hall–Kier alpha value is -2.07. The quantitative estimate of drug-likeness (QED) is 0.354. The van der Waals surface area contributed by atoms with Crippen molar-refractivity contribution in [3.8, 4) is 6.07 Å². The van der Waals surface area contributed by atoms with Crippen LogP contribution in [0.1, 0.15) is 17.5 Å². The molecule has 0 amide bonds. The molecule has 1 rings (SSSR count). The first-order valence-electron chi connectivity index (χ1n) is 5.55. The Morgan fingerprint density at radius 1 is 1.42 bits per heavy atom. The third-order valence-electron chi connectivity index (χ3n) is 2.30. The molecule has 0 saturated carbocycles. The molecule has 0 saturated heterocycles. The van der Waals surface area contributed by atoms with Gasteiger partial charge in [-0.2, -0.15) is 5.26 Å². The molecule has 0 aliphatic heterocycles. The van der Waals surface area contributed by atoms with E-state index in [2.05, 4.69) is 14.7 Å². The molecule has 0 radical (unpaired) electrons. The molecule has 0 aromatic heterocycles. The first-order chi connectivity index (χ1) is 9.09. The summed E-state index contributed by atoms with van der Waals surface area (Å²) >= 11 is 0. The first kappa shape index (κ1) is 15.0. The maximum atomic E-state index is 11.8. The molecule has 0 fully saturated rings. The lowest BCUT2D eigenvalue weighted by Gasteiger charge is -2.07. The SMILES string of the molecule is N#Cc1ccccc1CS(=O)(=O)NCCCN=[N+]=[N-]. The van der Waals surface area contributed by atoms with Crippen molar-refractivity contribution in [1.82, 2.24) is 4.72 Å². The highest BCUT2D eigenvalue weighted by molar-refractivity contribution is 7.88. The van der Waals surface area contributed by atoms with Gasteiger partial charge in [-0.25, -0.2) is 13.1 Å². The van der Waals surface area contributed by atoms with E-state index in [4.69, 9.17) is 10.8 Å². The predicted octanol–water partition coefficient (Wildman–Crippen LogP) is 1.68. The van der Waals surface area contributed by atoms with Crippen molar-refractivity contribution in [2.45, 2.75) is 12.2 Å². The Bertz CT molecular complexity index is 614. The van der Waals surface area contributed by atoms with Crippen LogP contribution in [-0.4, -0.2) is 21.5 Å². The van der Waals surface area contributed by atoms with Crippen molar-refractivity contribution < 1.29 is 8.42 Å². The van der Waals surface area contributed by atoms with Crippen LogP contribution in [0, 0.1) is 11.3 Å². The van der Waals surface area contributed by atoms with E-state index in [0.717, 1.165) is 0 Å². The highest BCUT2D eigenvalue weighted by atomic mass is 32.2. The molecule has 19 heavy (non-hydrogen) atoms. The zero-order valence-corrected chi connectivity index (χ0v) is 11.0. The number of hydrogen-bond donors (Lipinski definition) is 1. The van der Waals surface area contributed by atoms with Crippen LogP contribution in [-0.2, 0) is 15.8 Å². The Kier molecular flexibility index (Phi) is 5.82. The molecule has 1 aromatic carbocycles. The van der Waals surface area contributed by atoms with Gasteiger partial charge in [-0.15, -0.1) is 0 Å². The lowest BCUT2D eigenvalue weighted by Crippen LogP contribution is -2.26. The fraction of sp³-hybridized carbons (Fsp3) is 0.364. The van der Waals surface area contributed by atoms with Gasteiger partial charge < -0.3 is 0 Å². The number of nitriles is 1. The van der Waals surface area contributed by atoms with Crippen molar-refractivity contribution in [2.75, 3.05) is 13.1 Å². The number of rotatable bonds is 7. The van der Waals surface area contributed by atoms with Crippen LogP contribution in [0.25, 0.3) is 10.4 Å². The average molecular weight is 279 g/mol. The van der Waals surface area contributed by atoms with Gasteiger partial charge in [-0.3, -0.25) is 0 Å². The van der Waals surface area contributed by atoms with Gasteiger partial charge in [0.25, 0.3) is 0 Å². The second-order valence-corrected chi connectivity index (χ2v) is 5.54. The summed E-state index contributed by atoms with van der Waals surface area (Å²) in [5.41, 5.74) is 8.88. The molecular weight excluding hydrogens is 266 g/mol. The molecule has 7 nitrogen and oxygen atoms in total. The van der Waals surface area contributed by atoms with Gasteiger partial charge in [0.2, 0.25) is 10.0 Å². The van der Waals surface area contributed by atoms with Gasteiger partial charge in [-0.05, 0) is 23.6 Å². The van der Waals surface area contributed by atoms with E-state index < -0.39 is 10.0 Å². The minimum atomic E-state index is -3.49. The molecular formula is C11H13N5O2S. The smallest absolute Gasteiger partial charge is 0.215 e. The Balaban J connectivity index is 2.60. The Morgan fingerprint density at radius 2 is 2.16 bits per heavy atom. The van der Waals surface area contributed by atoms with E-state index in [9.17, 15) is 8.42 Å². The van der Waals surface area contributed by atoms with E-state index in [0.29, 0.717) is 17.5 Å². The molecule has 100 valence electrons. The van der Waals surface area contributed by atoms with Crippen LogP contribution < -0.4 is 4.72 Å². The second-order valence-electron chi connectivity index (χ2n) is 3.73. The average Bonchev–Trinajstić information content (AvgIpc) is 2.38. The number of azide groups is 1. The number of sulfonamides is 1. The summed E-state index contributed by atoms with van der Waals surface area (Å²) in [5, 5.41) is 12.2. The number of benzene rings is 1. The molecule has 0 aliphatic rings. The summed E-state index contributed by atoms with van der Waals surface area (Å²) in [6.45, 7) is 0.448. The number of nitrogens with one attached hydrogen (secondary N) is 1. The van der Waals surface area contributed by atoms with Crippen molar-refractivity contribution in [3.63, 3.8) is 0 Å². The van der Waals surface area contributed by atoms with Crippen LogP contribution in [0.4, 0.5) is 0 Å². The van der Waals surface area contributed by atoms with Gasteiger partial charge >= 0.3 is 0 Å². The fourth-order valence-corrected chi connectivity index (χ4v) is 2.65. The van der Waals surface area contributed by atoms with Gasteiger partial charge in [0.15, 0.2) is 0 Å². The van der Waals surface area contributed by atoms with Gasteiger partial charge in [0, 0.05) is 18.0 Å². The van der Waals surface area contributed by atoms with Gasteiger partial charge in [0.1, 0.15) is 0 Å². The summed E-state index contributed by atoms with van der Waals surface area (Å²) in [5.74, 6) is -0.238. The summed E-state index contributed by atoms with van der Waals surface area (Å²) in [7, 11) is -3.49. The van der Waals surface area contributed by atoms with Gasteiger partial charge in [-0.1, -0.05) is 23.3 Å². The molecule has 0 spiro atoms. The van der Waals surface area contributed by atoms with Crippen LogP contribution >= 0.6 is 0 Å². The lowest BCUT2D eigenvalue weighted by atomic mass is 10.1. The first-order valence-corrected chi connectivity index (χ1v) is 7.20. The van der Waals surface area contributed by atoms with Gasteiger partial charge in [0.05, 0.1) is 17.4 Å². The zero-order valence-electron chi connectivity index (χ0n) is 10.2. The normalized spacial score (nSPS) is 10.5. The molecule has 1 N–H and O–H groups in total. The maximum Gasteiger partial charge on any atom is 0.215 e. The highest BCUT2D eigenvalue weighted by Gasteiger charge is 2.13. The van der Waals surface area contributed by atoms with E-state index in [1.807, 2.05) is 6.07 Å². The topological polar surface area (TPSA) is 119 Å². The molecule has 0 bridgehead atoms. The third kappa shape index (κ3) is 5.40. The largest absolute Gasteiger partial charge is 0.215 e. The summed E-state index contributed by atoms with van der Waals surface area (Å²) in [6.07, 6.45) is 0.434. The summed E-state index contributed by atoms with van der Waals surface area (Å²) in [6, 6.07) is 8.51. The van der Waals surface area contributed by atoms with Crippen LogP contribution in [0.3, 0.4) is 0 Å². The molecule has 0 unspecified atom stereocenters. The number of nitrogens with zero attached hydrogens (tertiary/aromatic N) is 4. The number of hydrogen-bond acceptors (Lipinski definition) is 4. The standard InChI is InChI=1S/C11H13N5O2S/c12-8-10-4-1-2-5-11(10)9-19(17,18)15-7-3-6-14-16-13/h1-2,4-5,15H,3,6-7,9H2. The zero-order chi connectivity index (χ0) is 14.1. The molecule has 1 aromatic rings. The maximum absolute atomic E-state index is 11.8. The van der Waals surface area contributed by atoms with E-state index >= 15 is 0 Å². The molecule has 0 aliphatic carbocycles. The molecule has 8 heteroatoms. The summed E-state index contributed by atoms with van der Waals surface area (Å²) in [4.78, 5) is 2.57. The second kappa shape index (κ2) is 7.38. The van der Waals surface area contributed by atoms with Crippen LogP contribution in [0.15, 0.2) is 29.4 Å². The summed E-state index contributed by atoms with van der Waals surface area (Å²) < 4.78 is 26.0. The molecule has 0 atom stereocenters. The van der Waals surface area contributed by atoms with E-state index in [1.54, 1.807) is 24.3 Å². The highest BCUT2D eigenvalue weighted by Crippen LogP contribution is 2.10. The Labute approximate surface area is 111 Å². The predicted molar refractivity (Wildman–Crippen MR) is 70.4 cm³/mol. The van der Waals surface area contributed by atoms with Crippen LogP contribution in [0.5, 0.6) is 0 Å². The minimum Gasteiger partial charge on any atom is -0.215 e. The molecule has 0 heterocycles. The minimum absolute atomic E-state index is 0.204. The monoisotopic (exact) mass is 279 g/mol. The van der Waals surface area contributed by atoms with Crippen molar-refractivity contribution in [2.24, 2.45) is 5.11 Å². The van der Waals surface area contributed by atoms with Crippen molar-refractivity contribution in [3.05, 3.63) is 45.8 Å². The lowest BCUT2D eigenvalue weighted by molar-refractivity contribution is 0.578. The van der Waals surface area contributed by atoms with Crippen LogP contribution in [0.2, 0.25) is 0 Å². The van der Waals surface area contributed by atoms with Crippen molar-refractivity contribution in [1.29, 1.82) is 5.26 Å². The third-order valence-corrected chi connectivity index (χ3v) is 3.64.